The zero-order valence-corrected chi connectivity index (χ0v) is 23.4. The standard InChI is InChI=1S/C24H32Cl3N3O6S/c25-24(26,27)16-36-22(31)28-19-12-20-6-7-21(13-19)30(20)37(33,34)15-18-8-10-29(11-9-18)23(32)35-14-17-4-2-1-3-5-17/h1-5,18-21H,6-16H2,(H,28,31)/t19-,20-,21+. The predicted octanol–water partition coefficient (Wildman–Crippen LogP) is 4.46. The van der Waals surface area contributed by atoms with Crippen molar-refractivity contribution in [2.24, 2.45) is 5.92 Å². The van der Waals surface area contributed by atoms with E-state index in [2.05, 4.69) is 5.32 Å². The summed E-state index contributed by atoms with van der Waals surface area (Å²) in [5, 5.41) is 2.77. The fourth-order valence-corrected chi connectivity index (χ4v) is 8.09. The third-order valence-corrected chi connectivity index (χ3v) is 9.66. The number of nitrogens with zero attached hydrogens (tertiary/aromatic N) is 2. The van der Waals surface area contributed by atoms with Gasteiger partial charge >= 0.3 is 12.2 Å². The van der Waals surface area contributed by atoms with E-state index in [0.29, 0.717) is 38.8 Å². The molecule has 3 aliphatic rings. The first-order valence-electron chi connectivity index (χ1n) is 12.5. The number of likely N-dealkylation sites (tertiary alicyclic amines) is 1. The van der Waals surface area contributed by atoms with Gasteiger partial charge in [0.2, 0.25) is 13.8 Å². The lowest BCUT2D eigenvalue weighted by Crippen LogP contribution is -2.53. The van der Waals surface area contributed by atoms with Crippen LogP contribution in [0.15, 0.2) is 30.3 Å². The molecule has 37 heavy (non-hydrogen) atoms. The Balaban J connectivity index is 1.23. The minimum Gasteiger partial charge on any atom is -0.445 e. The van der Waals surface area contributed by atoms with Crippen LogP contribution >= 0.6 is 34.8 Å². The first-order valence-corrected chi connectivity index (χ1v) is 15.2. The summed E-state index contributed by atoms with van der Waals surface area (Å²) in [6.07, 6.45) is 2.73. The summed E-state index contributed by atoms with van der Waals surface area (Å²) in [5.74, 6) is 0.0475. The summed E-state index contributed by atoms with van der Waals surface area (Å²) in [6.45, 7) is 0.797. The number of fused-ring (bicyclic) bond motifs is 2. The van der Waals surface area contributed by atoms with Gasteiger partial charge in [-0.2, -0.15) is 4.31 Å². The Hall–Kier alpha value is -1.46. The van der Waals surface area contributed by atoms with Crippen molar-refractivity contribution in [1.29, 1.82) is 0 Å². The highest BCUT2D eigenvalue weighted by molar-refractivity contribution is 7.89. The number of carbonyl (C=O) groups excluding carboxylic acids is 2. The van der Waals surface area contributed by atoms with Crippen molar-refractivity contribution in [3.05, 3.63) is 35.9 Å². The number of ether oxygens (including phenoxy) is 2. The molecule has 1 aromatic carbocycles. The van der Waals surface area contributed by atoms with Crippen molar-refractivity contribution in [3.8, 4) is 0 Å². The van der Waals surface area contributed by atoms with E-state index in [4.69, 9.17) is 44.3 Å². The van der Waals surface area contributed by atoms with Crippen molar-refractivity contribution in [2.45, 2.75) is 67.0 Å². The zero-order valence-electron chi connectivity index (χ0n) is 20.4. The second-order valence-corrected chi connectivity index (χ2v) is 14.4. The molecule has 13 heteroatoms. The Morgan fingerprint density at radius 2 is 1.59 bits per heavy atom. The fraction of sp³-hybridized carbons (Fsp3) is 0.667. The largest absolute Gasteiger partial charge is 0.445 e. The van der Waals surface area contributed by atoms with E-state index in [9.17, 15) is 18.0 Å². The number of carbonyl (C=O) groups is 2. The number of hydrogen-bond acceptors (Lipinski definition) is 6. The van der Waals surface area contributed by atoms with Crippen molar-refractivity contribution < 1.29 is 27.5 Å². The highest BCUT2D eigenvalue weighted by Gasteiger charge is 2.47. The van der Waals surface area contributed by atoms with Gasteiger partial charge in [0, 0.05) is 31.2 Å². The molecule has 3 atom stereocenters. The molecular weight excluding hydrogens is 565 g/mol. The minimum absolute atomic E-state index is 0.0182. The van der Waals surface area contributed by atoms with Gasteiger partial charge in [-0.25, -0.2) is 18.0 Å². The van der Waals surface area contributed by atoms with E-state index in [1.54, 1.807) is 9.21 Å². The number of piperidine rings is 2. The average Bonchev–Trinajstić information content (AvgIpc) is 3.14. The van der Waals surface area contributed by atoms with Gasteiger partial charge in [-0.3, -0.25) is 0 Å². The SMILES string of the molecule is O=C(N[C@@H]1C[C@H]2CC[C@@H](C1)N2S(=O)(=O)CC1CCN(C(=O)OCc2ccccc2)CC1)OCC(Cl)(Cl)Cl. The Bertz CT molecular complexity index is 1030. The fourth-order valence-electron chi connectivity index (χ4n) is 5.54. The lowest BCUT2D eigenvalue weighted by molar-refractivity contribution is 0.0838. The molecule has 0 spiro atoms. The van der Waals surface area contributed by atoms with Crippen LogP contribution in [0.3, 0.4) is 0 Å². The lowest BCUT2D eigenvalue weighted by Gasteiger charge is -2.39. The summed E-state index contributed by atoms with van der Waals surface area (Å²) in [5.41, 5.74) is 0.921. The van der Waals surface area contributed by atoms with E-state index in [0.717, 1.165) is 18.4 Å². The molecule has 0 aliphatic carbocycles. The van der Waals surface area contributed by atoms with Crippen molar-refractivity contribution >= 4 is 57.0 Å². The molecule has 1 N–H and O–H groups in total. The first-order chi connectivity index (χ1) is 17.5. The molecule has 3 aliphatic heterocycles. The number of nitrogens with one attached hydrogen (secondary N) is 1. The quantitative estimate of drug-likeness (QED) is 0.466. The van der Waals surface area contributed by atoms with E-state index < -0.39 is 19.9 Å². The molecule has 2 amide bonds. The maximum Gasteiger partial charge on any atom is 0.410 e. The molecule has 0 unspecified atom stereocenters. The van der Waals surface area contributed by atoms with Crippen LogP contribution in [0.1, 0.15) is 44.1 Å². The van der Waals surface area contributed by atoms with Gasteiger partial charge < -0.3 is 19.7 Å². The smallest absolute Gasteiger partial charge is 0.410 e. The van der Waals surface area contributed by atoms with E-state index >= 15 is 0 Å². The van der Waals surface area contributed by atoms with Gasteiger partial charge in [0.15, 0.2) is 0 Å². The van der Waals surface area contributed by atoms with Crippen LogP contribution in [0.5, 0.6) is 0 Å². The molecule has 4 rings (SSSR count). The summed E-state index contributed by atoms with van der Waals surface area (Å²) in [4.78, 5) is 26.1. The van der Waals surface area contributed by atoms with Crippen LogP contribution in [-0.4, -0.2) is 77.2 Å². The van der Waals surface area contributed by atoms with Gasteiger partial charge in [0.05, 0.1) is 5.75 Å². The number of benzene rings is 1. The van der Waals surface area contributed by atoms with Crippen molar-refractivity contribution in [2.75, 3.05) is 25.4 Å². The molecule has 9 nitrogen and oxygen atoms in total. The third-order valence-electron chi connectivity index (χ3n) is 7.20. The maximum atomic E-state index is 13.4. The molecule has 3 heterocycles. The van der Waals surface area contributed by atoms with Gasteiger partial charge in [-0.15, -0.1) is 0 Å². The number of hydrogen-bond donors (Lipinski definition) is 1. The van der Waals surface area contributed by atoms with Crippen LogP contribution < -0.4 is 5.32 Å². The van der Waals surface area contributed by atoms with Crippen LogP contribution in [0.4, 0.5) is 9.59 Å². The van der Waals surface area contributed by atoms with Gasteiger partial charge in [0.1, 0.15) is 13.2 Å². The number of alkyl halides is 3. The number of sulfonamides is 1. The topological polar surface area (TPSA) is 105 Å². The number of rotatable bonds is 7. The molecule has 3 fully saturated rings. The van der Waals surface area contributed by atoms with E-state index in [1.165, 1.54) is 0 Å². The zero-order chi connectivity index (χ0) is 26.6. The first kappa shape index (κ1) is 28.5. The van der Waals surface area contributed by atoms with Crippen LogP contribution in [0.2, 0.25) is 0 Å². The van der Waals surface area contributed by atoms with E-state index in [1.807, 2.05) is 30.3 Å². The lowest BCUT2D eigenvalue weighted by atomic mass is 9.99. The average molecular weight is 597 g/mol. The van der Waals surface area contributed by atoms with Gasteiger partial charge in [-0.05, 0) is 50.0 Å². The highest BCUT2D eigenvalue weighted by atomic mass is 35.6. The van der Waals surface area contributed by atoms with Crippen LogP contribution in [-0.2, 0) is 26.1 Å². The Kier molecular flexibility index (Phi) is 9.38. The molecule has 0 saturated carbocycles. The van der Waals surface area contributed by atoms with Crippen LogP contribution in [0, 0.1) is 5.92 Å². The summed E-state index contributed by atoms with van der Waals surface area (Å²) < 4.78 is 37.1. The molecular formula is C24H32Cl3N3O6S. The Morgan fingerprint density at radius 3 is 2.19 bits per heavy atom. The highest BCUT2D eigenvalue weighted by Crippen LogP contribution is 2.39. The predicted molar refractivity (Wildman–Crippen MR) is 141 cm³/mol. The molecule has 2 bridgehead atoms. The summed E-state index contributed by atoms with van der Waals surface area (Å²) in [6, 6.07) is 8.97. The molecule has 0 aromatic heterocycles. The summed E-state index contributed by atoms with van der Waals surface area (Å²) in [7, 11) is -3.48. The van der Waals surface area contributed by atoms with Crippen molar-refractivity contribution in [3.63, 3.8) is 0 Å². The van der Waals surface area contributed by atoms with Crippen molar-refractivity contribution in [1.82, 2.24) is 14.5 Å². The monoisotopic (exact) mass is 595 g/mol. The normalized spacial score (nSPS) is 25.1. The second-order valence-electron chi connectivity index (χ2n) is 9.97. The second kappa shape index (κ2) is 12.2. The molecule has 3 saturated heterocycles. The summed E-state index contributed by atoms with van der Waals surface area (Å²) >= 11 is 16.8. The molecule has 206 valence electrons. The van der Waals surface area contributed by atoms with Gasteiger partial charge in [-0.1, -0.05) is 65.1 Å². The Labute approximate surface area is 232 Å². The molecule has 0 radical (unpaired) electrons. The third kappa shape index (κ3) is 8.02. The Morgan fingerprint density at radius 1 is 0.973 bits per heavy atom. The van der Waals surface area contributed by atoms with Gasteiger partial charge in [0.25, 0.3) is 0 Å². The maximum absolute atomic E-state index is 13.4. The number of amides is 2. The minimum atomic E-state index is -3.48. The van der Waals surface area contributed by atoms with Crippen LogP contribution in [0.25, 0.3) is 0 Å². The van der Waals surface area contributed by atoms with E-state index in [-0.39, 0.29) is 49.1 Å². The number of alkyl carbamates (subject to hydrolysis) is 1. The number of halogens is 3. The molecule has 1 aromatic rings.